The van der Waals surface area contributed by atoms with E-state index in [4.69, 9.17) is 0 Å². The van der Waals surface area contributed by atoms with Crippen LogP contribution in [0.5, 0.6) is 0 Å². The zero-order chi connectivity index (χ0) is 13.8. The SMILES string of the molecule is C=CCn1ncc(NCC(=O)NC2CC2)c(Br)c1=O. The minimum Gasteiger partial charge on any atom is -0.374 e. The molecule has 2 N–H and O–H groups in total. The van der Waals surface area contributed by atoms with Crippen molar-refractivity contribution in [3.63, 3.8) is 0 Å². The Hall–Kier alpha value is -1.63. The summed E-state index contributed by atoms with van der Waals surface area (Å²) in [6, 6.07) is 0.330. The third kappa shape index (κ3) is 3.66. The fraction of sp³-hybridized carbons (Fsp3) is 0.417. The van der Waals surface area contributed by atoms with E-state index in [-0.39, 0.29) is 18.0 Å². The van der Waals surface area contributed by atoms with Gasteiger partial charge in [-0.2, -0.15) is 5.10 Å². The molecule has 102 valence electrons. The van der Waals surface area contributed by atoms with Crippen molar-refractivity contribution in [2.24, 2.45) is 0 Å². The van der Waals surface area contributed by atoms with Gasteiger partial charge in [0.1, 0.15) is 4.47 Å². The first-order chi connectivity index (χ1) is 9.11. The molecule has 1 heterocycles. The average molecular weight is 327 g/mol. The van der Waals surface area contributed by atoms with E-state index in [1.165, 1.54) is 10.9 Å². The van der Waals surface area contributed by atoms with E-state index in [0.29, 0.717) is 22.7 Å². The van der Waals surface area contributed by atoms with E-state index in [1.54, 1.807) is 6.08 Å². The van der Waals surface area contributed by atoms with E-state index in [9.17, 15) is 9.59 Å². The van der Waals surface area contributed by atoms with Crippen LogP contribution in [0.25, 0.3) is 0 Å². The molecule has 0 unspecified atom stereocenters. The monoisotopic (exact) mass is 326 g/mol. The predicted octanol–water partition coefficient (Wildman–Crippen LogP) is 0.882. The Labute approximate surface area is 119 Å². The number of amides is 1. The maximum absolute atomic E-state index is 11.9. The molecule has 7 heteroatoms. The maximum Gasteiger partial charge on any atom is 0.283 e. The van der Waals surface area contributed by atoms with Gasteiger partial charge in [-0.05, 0) is 28.8 Å². The molecule has 19 heavy (non-hydrogen) atoms. The summed E-state index contributed by atoms with van der Waals surface area (Å²) in [5.74, 6) is -0.0790. The number of hydrogen-bond donors (Lipinski definition) is 2. The number of hydrogen-bond acceptors (Lipinski definition) is 4. The number of anilines is 1. The Kier molecular flexibility index (Phi) is 4.36. The van der Waals surface area contributed by atoms with Gasteiger partial charge in [-0.15, -0.1) is 6.58 Å². The standard InChI is InChI=1S/C12H15BrN4O2/c1-2-5-17-12(19)11(13)9(6-15-17)14-7-10(18)16-8-3-4-8/h2,6,8,14H,1,3-5,7H2,(H,16,18). The second-order valence-corrected chi connectivity index (χ2v) is 5.14. The number of aromatic nitrogens is 2. The Balaban J connectivity index is 1.99. The highest BCUT2D eigenvalue weighted by Crippen LogP contribution is 2.19. The lowest BCUT2D eigenvalue weighted by Crippen LogP contribution is -2.32. The molecule has 1 fully saturated rings. The van der Waals surface area contributed by atoms with Crippen molar-refractivity contribution >= 4 is 27.5 Å². The van der Waals surface area contributed by atoms with Gasteiger partial charge in [0.05, 0.1) is 25.0 Å². The Bertz CT molecular complexity index is 551. The minimum atomic E-state index is -0.257. The predicted molar refractivity (Wildman–Crippen MR) is 76.0 cm³/mol. The van der Waals surface area contributed by atoms with Gasteiger partial charge >= 0.3 is 0 Å². The molecule has 1 aromatic rings. The first-order valence-corrected chi connectivity index (χ1v) is 6.81. The topological polar surface area (TPSA) is 76.0 Å². The first-order valence-electron chi connectivity index (χ1n) is 6.01. The van der Waals surface area contributed by atoms with Crippen molar-refractivity contribution in [1.82, 2.24) is 15.1 Å². The molecule has 0 aromatic carbocycles. The van der Waals surface area contributed by atoms with Crippen LogP contribution in [-0.4, -0.2) is 28.3 Å². The lowest BCUT2D eigenvalue weighted by atomic mass is 10.4. The van der Waals surface area contributed by atoms with Crippen LogP contribution in [-0.2, 0) is 11.3 Å². The molecular formula is C12H15BrN4O2. The molecule has 0 atom stereocenters. The summed E-state index contributed by atoms with van der Waals surface area (Å²) in [5, 5.41) is 9.74. The third-order valence-corrected chi connectivity index (χ3v) is 3.44. The Morgan fingerprint density at radius 2 is 2.37 bits per heavy atom. The minimum absolute atomic E-state index is 0.0790. The number of allylic oxidation sites excluding steroid dienone is 1. The van der Waals surface area contributed by atoms with Gasteiger partial charge in [0.25, 0.3) is 5.56 Å². The van der Waals surface area contributed by atoms with Crippen LogP contribution in [0.15, 0.2) is 28.1 Å². The molecule has 0 saturated heterocycles. The fourth-order valence-electron chi connectivity index (χ4n) is 1.52. The van der Waals surface area contributed by atoms with Crippen molar-refractivity contribution in [2.45, 2.75) is 25.4 Å². The second kappa shape index (κ2) is 6.01. The molecule has 0 spiro atoms. The van der Waals surface area contributed by atoms with Crippen LogP contribution in [0.2, 0.25) is 0 Å². The van der Waals surface area contributed by atoms with Crippen molar-refractivity contribution < 1.29 is 4.79 Å². The normalized spacial score (nSPS) is 13.9. The number of halogens is 1. The highest BCUT2D eigenvalue weighted by Gasteiger charge is 2.23. The summed E-state index contributed by atoms with van der Waals surface area (Å²) >= 11 is 3.21. The van der Waals surface area contributed by atoms with Gasteiger partial charge in [0.15, 0.2) is 0 Å². The highest BCUT2D eigenvalue weighted by molar-refractivity contribution is 9.10. The Morgan fingerprint density at radius 1 is 1.63 bits per heavy atom. The number of carbonyl (C=O) groups is 1. The van der Waals surface area contributed by atoms with Gasteiger partial charge < -0.3 is 10.6 Å². The van der Waals surface area contributed by atoms with Crippen LogP contribution in [0.1, 0.15) is 12.8 Å². The number of carbonyl (C=O) groups excluding carboxylic acids is 1. The lowest BCUT2D eigenvalue weighted by molar-refractivity contribution is -0.119. The maximum atomic E-state index is 11.9. The van der Waals surface area contributed by atoms with Crippen molar-refractivity contribution in [3.8, 4) is 0 Å². The molecule has 1 amide bonds. The summed E-state index contributed by atoms with van der Waals surface area (Å²) in [4.78, 5) is 23.4. The number of nitrogens with zero attached hydrogens (tertiary/aromatic N) is 2. The van der Waals surface area contributed by atoms with Crippen LogP contribution < -0.4 is 16.2 Å². The highest BCUT2D eigenvalue weighted by atomic mass is 79.9. The zero-order valence-corrected chi connectivity index (χ0v) is 11.9. The van der Waals surface area contributed by atoms with Gasteiger partial charge in [-0.25, -0.2) is 4.68 Å². The molecule has 1 saturated carbocycles. The van der Waals surface area contributed by atoms with Crippen molar-refractivity contribution in [3.05, 3.63) is 33.7 Å². The summed E-state index contributed by atoms with van der Waals surface area (Å²) in [6.45, 7) is 4.03. The molecule has 6 nitrogen and oxygen atoms in total. The number of nitrogens with one attached hydrogen (secondary N) is 2. The molecule has 1 aliphatic carbocycles. The number of rotatable bonds is 6. The first kappa shape index (κ1) is 13.8. The second-order valence-electron chi connectivity index (χ2n) is 4.34. The summed E-state index contributed by atoms with van der Waals surface area (Å²) in [6.07, 6.45) is 5.21. The van der Waals surface area contributed by atoms with Crippen LogP contribution in [0.3, 0.4) is 0 Å². The van der Waals surface area contributed by atoms with Gasteiger partial charge in [-0.3, -0.25) is 9.59 Å². The van der Waals surface area contributed by atoms with Crippen LogP contribution in [0.4, 0.5) is 5.69 Å². The summed E-state index contributed by atoms with van der Waals surface area (Å²) < 4.78 is 1.65. The molecule has 1 aliphatic rings. The van der Waals surface area contributed by atoms with E-state index in [0.717, 1.165) is 12.8 Å². The van der Waals surface area contributed by atoms with E-state index >= 15 is 0 Å². The summed E-state index contributed by atoms with van der Waals surface area (Å²) in [5.41, 5.74) is 0.253. The molecule has 1 aromatic heterocycles. The molecule has 0 bridgehead atoms. The van der Waals surface area contributed by atoms with Crippen molar-refractivity contribution in [2.75, 3.05) is 11.9 Å². The van der Waals surface area contributed by atoms with Gasteiger partial charge in [-0.1, -0.05) is 6.08 Å². The smallest absolute Gasteiger partial charge is 0.283 e. The van der Waals surface area contributed by atoms with Gasteiger partial charge in [0, 0.05) is 6.04 Å². The van der Waals surface area contributed by atoms with Crippen molar-refractivity contribution in [1.29, 1.82) is 0 Å². The van der Waals surface area contributed by atoms with Crippen LogP contribution in [0, 0.1) is 0 Å². The van der Waals surface area contributed by atoms with Gasteiger partial charge in [0.2, 0.25) is 5.91 Å². The lowest BCUT2D eigenvalue weighted by Gasteiger charge is -2.09. The van der Waals surface area contributed by atoms with E-state index in [2.05, 4.69) is 38.2 Å². The molecule has 2 rings (SSSR count). The van der Waals surface area contributed by atoms with Crippen LogP contribution >= 0.6 is 15.9 Å². The van der Waals surface area contributed by atoms with E-state index in [1.807, 2.05) is 0 Å². The fourth-order valence-corrected chi connectivity index (χ4v) is 1.97. The Morgan fingerprint density at radius 3 is 3.00 bits per heavy atom. The average Bonchev–Trinajstić information content (AvgIpc) is 3.18. The molecule has 0 aliphatic heterocycles. The summed E-state index contributed by atoms with van der Waals surface area (Å²) in [7, 11) is 0. The van der Waals surface area contributed by atoms with E-state index < -0.39 is 0 Å². The largest absolute Gasteiger partial charge is 0.374 e. The zero-order valence-electron chi connectivity index (χ0n) is 10.4. The molecular weight excluding hydrogens is 312 g/mol. The molecule has 0 radical (unpaired) electrons. The third-order valence-electron chi connectivity index (χ3n) is 2.67. The quantitative estimate of drug-likeness (QED) is 0.761.